The molecule has 0 N–H and O–H groups in total. The van der Waals surface area contributed by atoms with Crippen molar-refractivity contribution in [2.45, 2.75) is 0 Å². The number of rotatable bonds is 5. The van der Waals surface area contributed by atoms with Gasteiger partial charge in [0.25, 0.3) is 0 Å². The van der Waals surface area contributed by atoms with E-state index in [0.717, 1.165) is 17.1 Å². The number of fused-ring (bicyclic) bond motifs is 7. The molecule has 0 radical (unpaired) electrons. The van der Waals surface area contributed by atoms with Crippen LogP contribution in [-0.4, -0.2) is 0 Å². The lowest BCUT2D eigenvalue weighted by molar-refractivity contribution is 1.29. The topological polar surface area (TPSA) is 3.24 Å². The van der Waals surface area contributed by atoms with Gasteiger partial charge in [0.1, 0.15) is 0 Å². The second-order valence-corrected chi connectivity index (χ2v) is 14.0. The normalized spacial score (nSPS) is 11.6. The van der Waals surface area contributed by atoms with Gasteiger partial charge in [-0.1, -0.05) is 140 Å². The molecule has 1 heterocycles. The molecule has 0 saturated heterocycles. The molecule has 0 aliphatic rings. The zero-order valence-corrected chi connectivity index (χ0v) is 28.1. The van der Waals surface area contributed by atoms with Crippen molar-refractivity contribution < 1.29 is 0 Å². The van der Waals surface area contributed by atoms with Crippen LogP contribution in [0, 0.1) is 0 Å². The average molecular weight is 654 g/mol. The fourth-order valence-corrected chi connectivity index (χ4v) is 8.79. The second kappa shape index (κ2) is 11.7. The number of hydrogen-bond donors (Lipinski definition) is 0. The average Bonchev–Trinajstić information content (AvgIpc) is 3.56. The summed E-state index contributed by atoms with van der Waals surface area (Å²) in [4.78, 5) is 2.48. The fourth-order valence-electron chi connectivity index (χ4n) is 7.70. The highest BCUT2D eigenvalue weighted by Gasteiger charge is 2.22. The molecule has 0 atom stereocenters. The van der Waals surface area contributed by atoms with Gasteiger partial charge in [-0.2, -0.15) is 0 Å². The summed E-state index contributed by atoms with van der Waals surface area (Å²) in [6.07, 6.45) is 0. The Kier molecular flexibility index (Phi) is 6.75. The van der Waals surface area contributed by atoms with E-state index < -0.39 is 0 Å². The molecular weight excluding hydrogens is 623 g/mol. The predicted octanol–water partition coefficient (Wildman–Crippen LogP) is 14.3. The summed E-state index contributed by atoms with van der Waals surface area (Å²) in [5, 5.41) is 10.1. The van der Waals surface area contributed by atoms with Crippen LogP contribution in [0.15, 0.2) is 188 Å². The van der Waals surface area contributed by atoms with Gasteiger partial charge >= 0.3 is 0 Å². The van der Waals surface area contributed by atoms with Crippen molar-refractivity contribution in [2.75, 3.05) is 4.90 Å². The number of thiophene rings is 1. The standard InChI is InChI=1S/C48H31NS/c1-2-14-33-29-35(26-25-32(33)13-1)38-17-7-10-22-45(38)49(36-27-28-48-44(31-36)42-21-9-12-24-47(42)50-48)46-23-11-8-20-41(46)43-30-34-15-3-4-16-37(34)39-18-5-6-19-40(39)43/h1-31H. The van der Waals surface area contributed by atoms with E-state index in [0.29, 0.717) is 0 Å². The summed E-state index contributed by atoms with van der Waals surface area (Å²) in [6, 6.07) is 68.9. The zero-order chi connectivity index (χ0) is 33.0. The fraction of sp³-hybridized carbons (Fsp3) is 0. The van der Waals surface area contributed by atoms with E-state index in [2.05, 4.69) is 193 Å². The number of anilines is 3. The largest absolute Gasteiger partial charge is 0.309 e. The summed E-state index contributed by atoms with van der Waals surface area (Å²) in [7, 11) is 0. The van der Waals surface area contributed by atoms with Crippen molar-refractivity contribution >= 4 is 80.9 Å². The molecule has 0 fully saturated rings. The van der Waals surface area contributed by atoms with Crippen molar-refractivity contribution in [1.29, 1.82) is 0 Å². The molecule has 0 spiro atoms. The van der Waals surface area contributed by atoms with E-state index >= 15 is 0 Å². The highest BCUT2D eigenvalue weighted by molar-refractivity contribution is 7.25. The van der Waals surface area contributed by atoms with Gasteiger partial charge in [0.2, 0.25) is 0 Å². The Morgan fingerprint density at radius 2 is 0.920 bits per heavy atom. The van der Waals surface area contributed by atoms with Crippen molar-refractivity contribution in [1.82, 2.24) is 0 Å². The first kappa shape index (κ1) is 28.8. The Labute approximate surface area is 294 Å². The van der Waals surface area contributed by atoms with Crippen LogP contribution >= 0.6 is 11.3 Å². The molecule has 0 unspecified atom stereocenters. The first-order valence-electron chi connectivity index (χ1n) is 17.1. The van der Waals surface area contributed by atoms with Gasteiger partial charge in [-0.3, -0.25) is 0 Å². The van der Waals surface area contributed by atoms with Gasteiger partial charge in [0.15, 0.2) is 0 Å². The molecule has 2 heteroatoms. The zero-order valence-electron chi connectivity index (χ0n) is 27.3. The first-order valence-corrected chi connectivity index (χ1v) is 17.9. The van der Waals surface area contributed by atoms with Crippen LogP contribution in [0.1, 0.15) is 0 Å². The SMILES string of the molecule is c1ccc(N(c2ccc3sc4ccccc4c3c2)c2ccccc2-c2cc3ccccc3c3ccccc23)c(-c2ccc3ccccc3c2)c1. The van der Waals surface area contributed by atoms with E-state index in [9.17, 15) is 0 Å². The molecule has 0 saturated carbocycles. The van der Waals surface area contributed by atoms with Crippen molar-refractivity contribution in [3.63, 3.8) is 0 Å². The van der Waals surface area contributed by atoms with Gasteiger partial charge < -0.3 is 4.90 Å². The molecule has 10 aromatic rings. The van der Waals surface area contributed by atoms with Crippen LogP contribution in [0.25, 0.3) is 74.7 Å². The molecule has 0 aliphatic carbocycles. The molecule has 1 nitrogen and oxygen atoms in total. The third kappa shape index (κ3) is 4.69. The van der Waals surface area contributed by atoms with E-state index in [-0.39, 0.29) is 0 Å². The number of hydrogen-bond acceptors (Lipinski definition) is 2. The lowest BCUT2D eigenvalue weighted by Crippen LogP contribution is -2.12. The highest BCUT2D eigenvalue weighted by atomic mass is 32.1. The summed E-state index contributed by atoms with van der Waals surface area (Å²) in [5.41, 5.74) is 8.21. The van der Waals surface area contributed by atoms with E-state index in [1.54, 1.807) is 0 Å². The molecule has 9 aromatic carbocycles. The van der Waals surface area contributed by atoms with E-state index in [1.807, 2.05) is 11.3 Å². The van der Waals surface area contributed by atoms with Crippen LogP contribution in [0.4, 0.5) is 17.1 Å². The van der Waals surface area contributed by atoms with Gasteiger partial charge in [-0.05, 0) is 92.0 Å². The van der Waals surface area contributed by atoms with Crippen molar-refractivity contribution in [3.05, 3.63) is 188 Å². The minimum Gasteiger partial charge on any atom is -0.309 e. The van der Waals surface area contributed by atoms with Crippen LogP contribution in [0.5, 0.6) is 0 Å². The first-order chi connectivity index (χ1) is 24.8. The molecular formula is C48H31NS. The minimum atomic E-state index is 1.13. The Morgan fingerprint density at radius 3 is 1.76 bits per heavy atom. The molecule has 234 valence electrons. The van der Waals surface area contributed by atoms with Gasteiger partial charge in [0.05, 0.1) is 11.4 Å². The lowest BCUT2D eigenvalue weighted by atomic mass is 9.91. The lowest BCUT2D eigenvalue weighted by Gasteiger charge is -2.30. The van der Waals surface area contributed by atoms with Gasteiger partial charge in [-0.25, -0.2) is 0 Å². The Morgan fingerprint density at radius 1 is 0.320 bits per heavy atom. The van der Waals surface area contributed by atoms with Gasteiger partial charge in [0, 0.05) is 37.0 Å². The van der Waals surface area contributed by atoms with E-state index in [1.165, 1.54) is 74.7 Å². The van der Waals surface area contributed by atoms with Crippen molar-refractivity contribution in [3.8, 4) is 22.3 Å². The minimum absolute atomic E-state index is 1.13. The number of benzene rings is 9. The molecule has 0 aliphatic heterocycles. The monoisotopic (exact) mass is 653 g/mol. The van der Waals surface area contributed by atoms with Crippen molar-refractivity contribution in [2.24, 2.45) is 0 Å². The smallest absolute Gasteiger partial charge is 0.0540 e. The number of para-hydroxylation sites is 2. The number of nitrogens with zero attached hydrogens (tertiary/aromatic N) is 1. The maximum atomic E-state index is 2.48. The maximum Gasteiger partial charge on any atom is 0.0540 e. The summed E-state index contributed by atoms with van der Waals surface area (Å²) in [5.74, 6) is 0. The molecule has 0 amide bonds. The van der Waals surface area contributed by atoms with Crippen LogP contribution in [-0.2, 0) is 0 Å². The highest BCUT2D eigenvalue weighted by Crippen LogP contribution is 2.48. The second-order valence-electron chi connectivity index (χ2n) is 12.9. The van der Waals surface area contributed by atoms with Crippen LogP contribution < -0.4 is 4.90 Å². The maximum absolute atomic E-state index is 2.48. The summed E-state index contributed by atoms with van der Waals surface area (Å²) >= 11 is 1.86. The Balaban J connectivity index is 1.27. The quantitative estimate of drug-likeness (QED) is 0.167. The summed E-state index contributed by atoms with van der Waals surface area (Å²) < 4.78 is 2.61. The molecule has 1 aromatic heterocycles. The predicted molar refractivity (Wildman–Crippen MR) is 217 cm³/mol. The Hall–Kier alpha value is -6.22. The van der Waals surface area contributed by atoms with E-state index in [4.69, 9.17) is 0 Å². The molecule has 50 heavy (non-hydrogen) atoms. The van der Waals surface area contributed by atoms with Gasteiger partial charge in [-0.15, -0.1) is 11.3 Å². The Bertz CT molecular complexity index is 2900. The third-order valence-corrected chi connectivity index (χ3v) is 11.2. The summed E-state index contributed by atoms with van der Waals surface area (Å²) in [6.45, 7) is 0. The van der Waals surface area contributed by atoms with Crippen LogP contribution in [0.3, 0.4) is 0 Å². The third-order valence-electron chi connectivity index (χ3n) is 10.0. The van der Waals surface area contributed by atoms with Crippen LogP contribution in [0.2, 0.25) is 0 Å². The molecule has 10 rings (SSSR count). The molecule has 0 bridgehead atoms.